The fourth-order valence-corrected chi connectivity index (χ4v) is 4.47. The van der Waals surface area contributed by atoms with Gasteiger partial charge in [0.2, 0.25) is 0 Å². The molecule has 0 unspecified atom stereocenters. The molecule has 2 heterocycles. The number of aromatic carboxylic acids is 1. The van der Waals surface area contributed by atoms with Gasteiger partial charge < -0.3 is 9.52 Å². The lowest BCUT2D eigenvalue weighted by Crippen LogP contribution is -1.94. The van der Waals surface area contributed by atoms with Crippen LogP contribution in [-0.2, 0) is 5.75 Å². The van der Waals surface area contributed by atoms with Crippen LogP contribution in [0.3, 0.4) is 0 Å². The average molecular weight is 309 g/mol. The average Bonchev–Trinajstić information content (AvgIpc) is 3.17. The monoisotopic (exact) mass is 309 g/mol. The SMILES string of the molecule is O=C(O)c1coc(-c2csc(CSC3CCCC3)n2)c1. The van der Waals surface area contributed by atoms with Crippen LogP contribution in [0.1, 0.15) is 41.0 Å². The molecular formula is C14H15NO3S2. The van der Waals surface area contributed by atoms with E-state index in [4.69, 9.17) is 9.52 Å². The Morgan fingerprint density at radius 3 is 3.00 bits per heavy atom. The summed E-state index contributed by atoms with van der Waals surface area (Å²) < 4.78 is 5.26. The molecule has 0 aromatic carbocycles. The highest BCUT2D eigenvalue weighted by Crippen LogP contribution is 2.33. The zero-order valence-corrected chi connectivity index (χ0v) is 12.5. The van der Waals surface area contributed by atoms with Crippen LogP contribution in [0, 0.1) is 0 Å². The van der Waals surface area contributed by atoms with Crippen molar-refractivity contribution in [3.05, 3.63) is 28.3 Å². The molecule has 0 bridgehead atoms. The molecule has 3 rings (SSSR count). The van der Waals surface area contributed by atoms with Crippen LogP contribution in [-0.4, -0.2) is 21.3 Å². The Labute approximate surface area is 125 Å². The van der Waals surface area contributed by atoms with Gasteiger partial charge in [0.05, 0.1) is 5.56 Å². The van der Waals surface area contributed by atoms with Gasteiger partial charge in [-0.3, -0.25) is 0 Å². The number of carbonyl (C=O) groups is 1. The number of nitrogens with zero attached hydrogens (tertiary/aromatic N) is 1. The van der Waals surface area contributed by atoms with Gasteiger partial charge in [-0.2, -0.15) is 11.8 Å². The second kappa shape index (κ2) is 6.01. The van der Waals surface area contributed by atoms with E-state index in [2.05, 4.69) is 4.98 Å². The number of carboxylic acid groups (broad SMARTS) is 1. The van der Waals surface area contributed by atoms with Gasteiger partial charge >= 0.3 is 5.97 Å². The van der Waals surface area contributed by atoms with Crippen molar-refractivity contribution in [2.24, 2.45) is 0 Å². The minimum atomic E-state index is -0.979. The normalized spacial score (nSPS) is 15.8. The van der Waals surface area contributed by atoms with E-state index in [1.807, 2.05) is 17.1 Å². The molecule has 0 radical (unpaired) electrons. The van der Waals surface area contributed by atoms with Gasteiger partial charge in [0.1, 0.15) is 17.0 Å². The van der Waals surface area contributed by atoms with Gasteiger partial charge in [0.25, 0.3) is 0 Å². The molecule has 0 spiro atoms. The van der Waals surface area contributed by atoms with Crippen LogP contribution in [0.5, 0.6) is 0 Å². The van der Waals surface area contributed by atoms with Gasteiger partial charge in [0, 0.05) is 22.4 Å². The van der Waals surface area contributed by atoms with Crippen LogP contribution < -0.4 is 0 Å². The number of furan rings is 1. The number of hydrogen-bond donors (Lipinski definition) is 1. The summed E-state index contributed by atoms with van der Waals surface area (Å²) in [6, 6.07) is 1.52. The summed E-state index contributed by atoms with van der Waals surface area (Å²) in [6.45, 7) is 0. The van der Waals surface area contributed by atoms with E-state index in [0.29, 0.717) is 5.76 Å². The first-order valence-electron chi connectivity index (χ1n) is 6.60. The van der Waals surface area contributed by atoms with E-state index in [-0.39, 0.29) is 5.56 Å². The van der Waals surface area contributed by atoms with Crippen molar-refractivity contribution in [1.29, 1.82) is 0 Å². The lowest BCUT2D eigenvalue weighted by Gasteiger charge is -2.05. The second-order valence-corrected chi connectivity index (χ2v) is 7.08. The molecule has 20 heavy (non-hydrogen) atoms. The number of thioether (sulfide) groups is 1. The fourth-order valence-electron chi connectivity index (χ4n) is 2.32. The Kier molecular flexibility index (Phi) is 4.12. The van der Waals surface area contributed by atoms with Crippen molar-refractivity contribution in [1.82, 2.24) is 4.98 Å². The quantitative estimate of drug-likeness (QED) is 0.893. The largest absolute Gasteiger partial charge is 0.478 e. The van der Waals surface area contributed by atoms with E-state index in [1.165, 1.54) is 38.0 Å². The Morgan fingerprint density at radius 1 is 1.50 bits per heavy atom. The highest BCUT2D eigenvalue weighted by atomic mass is 32.2. The molecule has 1 aliphatic carbocycles. The van der Waals surface area contributed by atoms with Crippen molar-refractivity contribution in [3.63, 3.8) is 0 Å². The number of rotatable bonds is 5. The smallest absolute Gasteiger partial charge is 0.338 e. The standard InChI is InChI=1S/C14H15NO3S2/c16-14(17)9-5-12(18-6-9)11-7-20-13(15-11)8-19-10-3-1-2-4-10/h5-7,10H,1-4,8H2,(H,16,17). The number of thiazole rings is 1. The first-order valence-corrected chi connectivity index (χ1v) is 8.53. The van der Waals surface area contributed by atoms with Crippen LogP contribution in [0.15, 0.2) is 22.1 Å². The van der Waals surface area contributed by atoms with Crippen molar-refractivity contribution >= 4 is 29.1 Å². The van der Waals surface area contributed by atoms with Crippen LogP contribution in [0.4, 0.5) is 0 Å². The van der Waals surface area contributed by atoms with Crippen LogP contribution >= 0.6 is 23.1 Å². The van der Waals surface area contributed by atoms with Gasteiger partial charge in [-0.05, 0) is 12.8 Å². The maximum Gasteiger partial charge on any atom is 0.338 e. The predicted molar refractivity (Wildman–Crippen MR) is 80.3 cm³/mol. The number of carboxylic acids is 1. The number of hydrogen-bond acceptors (Lipinski definition) is 5. The van der Waals surface area contributed by atoms with Crippen LogP contribution in [0.2, 0.25) is 0 Å². The molecule has 4 nitrogen and oxygen atoms in total. The lowest BCUT2D eigenvalue weighted by molar-refractivity contribution is 0.0696. The minimum absolute atomic E-state index is 0.162. The summed E-state index contributed by atoms with van der Waals surface area (Å²) >= 11 is 3.58. The molecule has 6 heteroatoms. The summed E-state index contributed by atoms with van der Waals surface area (Å²) in [5.74, 6) is 0.477. The molecule has 106 valence electrons. The van der Waals surface area contributed by atoms with Gasteiger partial charge in [0.15, 0.2) is 5.76 Å². The molecule has 0 aliphatic heterocycles. The van der Waals surface area contributed by atoms with Crippen LogP contribution in [0.25, 0.3) is 11.5 Å². The Balaban J connectivity index is 1.64. The van der Waals surface area contributed by atoms with Gasteiger partial charge in [-0.25, -0.2) is 9.78 Å². The second-order valence-electron chi connectivity index (χ2n) is 4.85. The molecule has 1 aliphatic rings. The van der Waals surface area contributed by atoms with E-state index in [9.17, 15) is 4.79 Å². The van der Waals surface area contributed by atoms with E-state index in [0.717, 1.165) is 21.7 Å². The highest BCUT2D eigenvalue weighted by molar-refractivity contribution is 7.99. The third-order valence-electron chi connectivity index (χ3n) is 3.40. The van der Waals surface area contributed by atoms with E-state index < -0.39 is 5.97 Å². The first kappa shape index (κ1) is 13.7. The van der Waals surface area contributed by atoms with Crippen molar-refractivity contribution in [3.8, 4) is 11.5 Å². The predicted octanol–water partition coefficient (Wildman–Crippen LogP) is 4.28. The molecule has 1 fully saturated rings. The van der Waals surface area contributed by atoms with Crippen molar-refractivity contribution < 1.29 is 14.3 Å². The summed E-state index contributed by atoms with van der Waals surface area (Å²) in [6.07, 6.45) is 6.60. The highest BCUT2D eigenvalue weighted by Gasteiger charge is 2.17. The van der Waals surface area contributed by atoms with E-state index >= 15 is 0 Å². The lowest BCUT2D eigenvalue weighted by atomic mass is 10.3. The Morgan fingerprint density at radius 2 is 2.30 bits per heavy atom. The summed E-state index contributed by atoms with van der Waals surface area (Å²) in [5.41, 5.74) is 0.888. The topological polar surface area (TPSA) is 63.3 Å². The molecule has 0 atom stereocenters. The van der Waals surface area contributed by atoms with Gasteiger partial charge in [-0.15, -0.1) is 11.3 Å². The molecule has 1 saturated carbocycles. The molecule has 0 amide bonds. The maximum absolute atomic E-state index is 10.8. The van der Waals surface area contributed by atoms with E-state index in [1.54, 1.807) is 11.3 Å². The Hall–Kier alpha value is -1.27. The summed E-state index contributed by atoms with van der Waals surface area (Å²) in [5, 5.41) is 12.7. The molecular weight excluding hydrogens is 294 g/mol. The zero-order chi connectivity index (χ0) is 13.9. The third-order valence-corrected chi connectivity index (χ3v) is 5.81. The third kappa shape index (κ3) is 3.07. The minimum Gasteiger partial charge on any atom is -0.478 e. The summed E-state index contributed by atoms with van der Waals surface area (Å²) in [4.78, 5) is 15.3. The summed E-state index contributed by atoms with van der Waals surface area (Å²) in [7, 11) is 0. The fraction of sp³-hybridized carbons (Fsp3) is 0.429. The zero-order valence-electron chi connectivity index (χ0n) is 10.9. The molecule has 2 aromatic rings. The Bertz CT molecular complexity index is 599. The van der Waals surface area contributed by atoms with Gasteiger partial charge in [-0.1, -0.05) is 12.8 Å². The van der Waals surface area contributed by atoms with Crippen molar-refractivity contribution in [2.45, 2.75) is 36.7 Å². The molecule has 1 N–H and O–H groups in total. The number of aromatic nitrogens is 1. The van der Waals surface area contributed by atoms with Crippen molar-refractivity contribution in [2.75, 3.05) is 0 Å². The molecule has 2 aromatic heterocycles. The molecule has 0 saturated heterocycles. The maximum atomic E-state index is 10.8. The first-order chi connectivity index (χ1) is 9.72.